The lowest BCUT2D eigenvalue weighted by Crippen LogP contribution is -2.21. The van der Waals surface area contributed by atoms with Gasteiger partial charge in [0.1, 0.15) is 0 Å². The number of fused-ring (bicyclic) bond motifs is 1. The van der Waals surface area contributed by atoms with Crippen molar-refractivity contribution in [3.8, 4) is 11.4 Å². The van der Waals surface area contributed by atoms with Crippen molar-refractivity contribution in [2.75, 3.05) is 11.9 Å². The minimum atomic E-state index is -3.96. The first-order chi connectivity index (χ1) is 12.5. The molecular weight excluding hydrogens is 352 g/mol. The molecule has 0 spiro atoms. The Hall–Kier alpha value is -2.78. The Bertz CT molecular complexity index is 1060. The van der Waals surface area contributed by atoms with Crippen LogP contribution in [0.25, 0.3) is 11.4 Å². The average molecular weight is 370 g/mol. The first-order valence-electron chi connectivity index (χ1n) is 8.20. The lowest BCUT2D eigenvalue weighted by Gasteiger charge is -2.29. The summed E-state index contributed by atoms with van der Waals surface area (Å²) in [5.74, 6) is 0.303. The lowest BCUT2D eigenvalue weighted by atomic mass is 9.82. The van der Waals surface area contributed by atoms with E-state index in [0.29, 0.717) is 17.0 Å². The number of nitrogens with two attached hydrogens (primary N) is 1. The van der Waals surface area contributed by atoms with Crippen LogP contribution in [0.1, 0.15) is 29.0 Å². The number of rotatable bonds is 3. The fourth-order valence-electron chi connectivity index (χ4n) is 3.66. The summed E-state index contributed by atoms with van der Waals surface area (Å²) in [6.45, 7) is 2.50. The molecule has 8 nitrogen and oxygen atoms in total. The first kappa shape index (κ1) is 16.7. The number of sulfonamides is 1. The number of primary sulfonamides is 1. The van der Waals surface area contributed by atoms with Gasteiger partial charge in [-0.15, -0.1) is 5.10 Å². The molecule has 134 valence electrons. The van der Waals surface area contributed by atoms with E-state index in [4.69, 9.17) is 5.14 Å². The third-order valence-electron chi connectivity index (χ3n) is 4.71. The SMILES string of the molecule is Cc1ccc(C2CCNc3ccccc32)c(-c2nnn[nH]2)c1S(N)(=O)=O. The van der Waals surface area contributed by atoms with E-state index in [1.165, 1.54) is 0 Å². The maximum Gasteiger partial charge on any atom is 0.239 e. The second kappa shape index (κ2) is 6.19. The van der Waals surface area contributed by atoms with Gasteiger partial charge in [0, 0.05) is 23.7 Å². The second-order valence-electron chi connectivity index (χ2n) is 6.33. The van der Waals surface area contributed by atoms with E-state index in [1.54, 1.807) is 13.0 Å². The van der Waals surface area contributed by atoms with E-state index in [9.17, 15) is 8.42 Å². The number of aromatic nitrogens is 4. The van der Waals surface area contributed by atoms with Gasteiger partial charge in [-0.3, -0.25) is 0 Å². The minimum absolute atomic E-state index is 0.00801. The number of tetrazole rings is 1. The van der Waals surface area contributed by atoms with E-state index < -0.39 is 10.0 Å². The maximum atomic E-state index is 12.3. The predicted molar refractivity (Wildman–Crippen MR) is 97.1 cm³/mol. The van der Waals surface area contributed by atoms with Crippen LogP contribution in [0.4, 0.5) is 5.69 Å². The van der Waals surface area contributed by atoms with E-state index in [0.717, 1.165) is 29.8 Å². The molecule has 1 aliphatic heterocycles. The molecule has 9 heteroatoms. The van der Waals surface area contributed by atoms with Crippen LogP contribution in [0.2, 0.25) is 0 Å². The van der Waals surface area contributed by atoms with Crippen LogP contribution in [-0.2, 0) is 10.0 Å². The molecule has 2 heterocycles. The topological polar surface area (TPSA) is 127 Å². The van der Waals surface area contributed by atoms with Gasteiger partial charge in [-0.25, -0.2) is 18.7 Å². The van der Waals surface area contributed by atoms with Crippen molar-refractivity contribution in [3.05, 3.63) is 53.1 Å². The molecule has 1 atom stereocenters. The van der Waals surface area contributed by atoms with Gasteiger partial charge in [-0.2, -0.15) is 0 Å². The second-order valence-corrected chi connectivity index (χ2v) is 7.82. The van der Waals surface area contributed by atoms with Crippen molar-refractivity contribution in [2.45, 2.75) is 24.2 Å². The highest BCUT2D eigenvalue weighted by Gasteiger charge is 2.30. The quantitative estimate of drug-likeness (QED) is 0.645. The molecule has 0 radical (unpaired) electrons. The Labute approximate surface area is 150 Å². The summed E-state index contributed by atoms with van der Waals surface area (Å²) in [6.07, 6.45) is 0.818. The minimum Gasteiger partial charge on any atom is -0.385 e. The molecule has 26 heavy (non-hydrogen) atoms. The van der Waals surface area contributed by atoms with Gasteiger partial charge in [-0.05, 0) is 46.5 Å². The van der Waals surface area contributed by atoms with Gasteiger partial charge in [0.15, 0.2) is 5.82 Å². The van der Waals surface area contributed by atoms with E-state index in [-0.39, 0.29) is 10.8 Å². The number of aryl methyl sites for hydroxylation is 1. The van der Waals surface area contributed by atoms with Crippen LogP contribution < -0.4 is 10.5 Å². The van der Waals surface area contributed by atoms with Gasteiger partial charge in [0.2, 0.25) is 10.0 Å². The van der Waals surface area contributed by atoms with Crippen LogP contribution in [0.15, 0.2) is 41.3 Å². The molecule has 3 aromatic rings. The number of nitrogens with one attached hydrogen (secondary N) is 2. The number of H-pyrrole nitrogens is 1. The van der Waals surface area contributed by atoms with Crippen LogP contribution in [0.3, 0.4) is 0 Å². The number of nitrogens with zero attached hydrogens (tertiary/aromatic N) is 3. The Kier molecular flexibility index (Phi) is 3.97. The number of aromatic amines is 1. The Morgan fingerprint density at radius 3 is 2.69 bits per heavy atom. The van der Waals surface area contributed by atoms with E-state index >= 15 is 0 Å². The largest absolute Gasteiger partial charge is 0.385 e. The Morgan fingerprint density at radius 2 is 1.96 bits per heavy atom. The van der Waals surface area contributed by atoms with Crippen molar-refractivity contribution < 1.29 is 8.42 Å². The van der Waals surface area contributed by atoms with Crippen LogP contribution >= 0.6 is 0 Å². The van der Waals surface area contributed by atoms with Crippen molar-refractivity contribution in [3.63, 3.8) is 0 Å². The highest BCUT2D eigenvalue weighted by molar-refractivity contribution is 7.89. The van der Waals surface area contributed by atoms with Gasteiger partial charge >= 0.3 is 0 Å². The molecule has 4 rings (SSSR count). The highest BCUT2D eigenvalue weighted by Crippen LogP contribution is 2.42. The van der Waals surface area contributed by atoms with Gasteiger partial charge in [-0.1, -0.05) is 30.3 Å². The Morgan fingerprint density at radius 1 is 1.15 bits per heavy atom. The van der Waals surface area contributed by atoms with Crippen LogP contribution in [0.5, 0.6) is 0 Å². The Balaban J connectivity index is 2.02. The number of hydrogen-bond acceptors (Lipinski definition) is 6. The lowest BCUT2D eigenvalue weighted by molar-refractivity contribution is 0.597. The third-order valence-corrected chi connectivity index (χ3v) is 5.81. The standard InChI is InChI=1S/C17H18N6O2S/c1-10-6-7-13(11-8-9-19-14-5-3-2-4-12(11)14)15(16(10)26(18,24)25)17-20-22-23-21-17/h2-7,11,19H,8-9H2,1H3,(H2,18,24,25)(H,20,21,22,23). The summed E-state index contributed by atoms with van der Waals surface area (Å²) in [6, 6.07) is 11.7. The number of hydrogen-bond donors (Lipinski definition) is 3. The molecule has 4 N–H and O–H groups in total. The normalized spacial score (nSPS) is 16.8. The zero-order chi connectivity index (χ0) is 18.3. The monoisotopic (exact) mass is 370 g/mol. The summed E-state index contributed by atoms with van der Waals surface area (Å²) < 4.78 is 24.7. The average Bonchev–Trinajstić information content (AvgIpc) is 3.14. The fourth-order valence-corrected chi connectivity index (χ4v) is 4.68. The highest BCUT2D eigenvalue weighted by atomic mass is 32.2. The number of benzene rings is 2. The number of para-hydroxylation sites is 1. The van der Waals surface area contributed by atoms with E-state index in [2.05, 4.69) is 25.9 Å². The summed E-state index contributed by atoms with van der Waals surface area (Å²) in [7, 11) is -3.96. The summed E-state index contributed by atoms with van der Waals surface area (Å²) in [4.78, 5) is 0.0598. The maximum absolute atomic E-state index is 12.3. The summed E-state index contributed by atoms with van der Waals surface area (Å²) in [5.41, 5.74) is 4.00. The molecule has 0 saturated heterocycles. The van der Waals surface area contributed by atoms with Gasteiger partial charge in [0.05, 0.1) is 4.90 Å². The molecule has 0 fully saturated rings. The number of anilines is 1. The molecule has 0 aliphatic carbocycles. The molecule has 0 bridgehead atoms. The smallest absolute Gasteiger partial charge is 0.239 e. The molecular formula is C17H18N6O2S. The molecule has 2 aromatic carbocycles. The zero-order valence-electron chi connectivity index (χ0n) is 14.1. The van der Waals surface area contributed by atoms with Crippen molar-refractivity contribution >= 4 is 15.7 Å². The zero-order valence-corrected chi connectivity index (χ0v) is 14.9. The van der Waals surface area contributed by atoms with Gasteiger partial charge < -0.3 is 5.32 Å². The molecule has 0 saturated carbocycles. The summed E-state index contributed by atoms with van der Waals surface area (Å²) >= 11 is 0. The van der Waals surface area contributed by atoms with Crippen LogP contribution in [-0.4, -0.2) is 35.6 Å². The van der Waals surface area contributed by atoms with Gasteiger partial charge in [0.25, 0.3) is 0 Å². The molecule has 1 aromatic heterocycles. The molecule has 1 unspecified atom stereocenters. The third kappa shape index (κ3) is 2.74. The first-order valence-corrected chi connectivity index (χ1v) is 9.74. The summed E-state index contributed by atoms with van der Waals surface area (Å²) in [5, 5.41) is 22.8. The molecule has 1 aliphatic rings. The van der Waals surface area contributed by atoms with Crippen molar-refractivity contribution in [1.29, 1.82) is 0 Å². The van der Waals surface area contributed by atoms with Crippen LogP contribution in [0, 0.1) is 6.92 Å². The van der Waals surface area contributed by atoms with Crippen molar-refractivity contribution in [1.82, 2.24) is 20.6 Å². The van der Waals surface area contributed by atoms with Crippen molar-refractivity contribution in [2.24, 2.45) is 5.14 Å². The fraction of sp³-hybridized carbons (Fsp3) is 0.235. The predicted octanol–water partition coefficient (Wildman–Crippen LogP) is 1.77. The van der Waals surface area contributed by atoms with E-state index in [1.807, 2.05) is 30.3 Å². The molecule has 0 amide bonds.